The molecule has 0 amide bonds. The molecule has 0 unspecified atom stereocenters. The van der Waals surface area contributed by atoms with Crippen LogP contribution >= 0.6 is 11.3 Å². The number of hydrogen-bond acceptors (Lipinski definition) is 4. The van der Waals surface area contributed by atoms with E-state index in [0.29, 0.717) is 0 Å². The zero-order chi connectivity index (χ0) is 17.0. The third-order valence-electron chi connectivity index (χ3n) is 4.52. The summed E-state index contributed by atoms with van der Waals surface area (Å²) in [5, 5.41) is 3.31. The van der Waals surface area contributed by atoms with Gasteiger partial charge in [0.2, 0.25) is 0 Å². The normalized spacial score (nSPS) is 16.5. The van der Waals surface area contributed by atoms with E-state index in [1.165, 1.54) is 29.8 Å². The van der Waals surface area contributed by atoms with E-state index in [2.05, 4.69) is 55.3 Å². The smallest absolute Gasteiger partial charge is 0.123 e. The van der Waals surface area contributed by atoms with E-state index in [-0.39, 0.29) is 5.41 Å². The number of nitrogens with zero attached hydrogens (tertiary/aromatic N) is 2. The third-order valence-corrected chi connectivity index (χ3v) is 5.41. The van der Waals surface area contributed by atoms with Gasteiger partial charge in [0, 0.05) is 29.4 Å². The topological polar surface area (TPSA) is 25.4 Å². The molecule has 0 atom stereocenters. The molecule has 0 N–H and O–H groups in total. The van der Waals surface area contributed by atoms with Crippen molar-refractivity contribution in [3.8, 4) is 10.6 Å². The number of ether oxygens (including phenoxy) is 1. The second-order valence-corrected chi connectivity index (χ2v) is 8.40. The standard InChI is InChI=1S/C20H28N2OS/c1-20(2,3)18-15-24-19(21-18)17-8-6-16(7-9-17)5-4-10-22-11-13-23-14-12-22/h6-9,15H,4-5,10-14H2,1-3H3. The average molecular weight is 345 g/mol. The molecule has 1 aliphatic rings. The highest BCUT2D eigenvalue weighted by atomic mass is 32.1. The molecule has 0 aliphatic carbocycles. The molecule has 3 rings (SSSR count). The Balaban J connectivity index is 1.54. The van der Waals surface area contributed by atoms with E-state index in [1.807, 2.05) is 0 Å². The van der Waals surface area contributed by atoms with Gasteiger partial charge in [-0.05, 0) is 24.9 Å². The zero-order valence-corrected chi connectivity index (χ0v) is 15.9. The number of thiazole rings is 1. The maximum Gasteiger partial charge on any atom is 0.123 e. The first kappa shape index (κ1) is 17.6. The molecule has 130 valence electrons. The molecule has 2 heterocycles. The quantitative estimate of drug-likeness (QED) is 0.805. The molecular formula is C20H28N2OS. The lowest BCUT2D eigenvalue weighted by molar-refractivity contribution is 0.0375. The molecule has 0 radical (unpaired) electrons. The van der Waals surface area contributed by atoms with Crippen LogP contribution in [0.3, 0.4) is 0 Å². The van der Waals surface area contributed by atoms with Crippen molar-refractivity contribution in [2.24, 2.45) is 0 Å². The van der Waals surface area contributed by atoms with Gasteiger partial charge < -0.3 is 4.74 Å². The lowest BCUT2D eigenvalue weighted by Crippen LogP contribution is -2.36. The summed E-state index contributed by atoms with van der Waals surface area (Å²) in [5.41, 5.74) is 3.94. The minimum absolute atomic E-state index is 0.119. The number of rotatable bonds is 5. The van der Waals surface area contributed by atoms with Gasteiger partial charge in [-0.3, -0.25) is 4.90 Å². The van der Waals surface area contributed by atoms with Crippen molar-refractivity contribution in [1.82, 2.24) is 9.88 Å². The summed E-state index contributed by atoms with van der Waals surface area (Å²) in [6.45, 7) is 11.7. The van der Waals surface area contributed by atoms with Gasteiger partial charge in [0.15, 0.2) is 0 Å². The molecule has 1 aromatic carbocycles. The number of morpholine rings is 1. The van der Waals surface area contributed by atoms with Crippen LogP contribution in [-0.2, 0) is 16.6 Å². The van der Waals surface area contributed by atoms with Crippen molar-refractivity contribution in [2.75, 3.05) is 32.8 Å². The minimum atomic E-state index is 0.119. The van der Waals surface area contributed by atoms with E-state index >= 15 is 0 Å². The predicted octanol–water partition coefficient (Wildman–Crippen LogP) is 4.37. The number of hydrogen-bond donors (Lipinski definition) is 0. The predicted molar refractivity (Wildman–Crippen MR) is 102 cm³/mol. The van der Waals surface area contributed by atoms with Crippen molar-refractivity contribution >= 4 is 11.3 Å². The van der Waals surface area contributed by atoms with Crippen LogP contribution in [0, 0.1) is 0 Å². The fourth-order valence-electron chi connectivity index (χ4n) is 2.90. The molecule has 1 saturated heterocycles. The Morgan fingerprint density at radius 3 is 2.46 bits per heavy atom. The summed E-state index contributed by atoms with van der Waals surface area (Å²) in [4.78, 5) is 7.31. The van der Waals surface area contributed by atoms with E-state index in [4.69, 9.17) is 9.72 Å². The first-order valence-corrected chi connectivity index (χ1v) is 9.76. The Morgan fingerprint density at radius 1 is 1.12 bits per heavy atom. The van der Waals surface area contributed by atoms with Gasteiger partial charge in [-0.15, -0.1) is 11.3 Å². The monoisotopic (exact) mass is 344 g/mol. The molecule has 0 spiro atoms. The highest BCUT2D eigenvalue weighted by Crippen LogP contribution is 2.29. The highest BCUT2D eigenvalue weighted by Gasteiger charge is 2.17. The van der Waals surface area contributed by atoms with E-state index < -0.39 is 0 Å². The van der Waals surface area contributed by atoms with Crippen molar-refractivity contribution in [3.05, 3.63) is 40.9 Å². The summed E-state index contributed by atoms with van der Waals surface area (Å²) in [5.74, 6) is 0. The van der Waals surface area contributed by atoms with E-state index in [1.54, 1.807) is 11.3 Å². The molecule has 0 saturated carbocycles. The van der Waals surface area contributed by atoms with Crippen LogP contribution in [0.2, 0.25) is 0 Å². The van der Waals surface area contributed by atoms with Crippen LogP contribution in [0.4, 0.5) is 0 Å². The van der Waals surface area contributed by atoms with E-state index in [0.717, 1.165) is 37.7 Å². The number of aryl methyl sites for hydroxylation is 1. The summed E-state index contributed by atoms with van der Waals surface area (Å²) >= 11 is 1.74. The van der Waals surface area contributed by atoms with E-state index in [9.17, 15) is 0 Å². The van der Waals surface area contributed by atoms with Crippen LogP contribution in [0.15, 0.2) is 29.6 Å². The van der Waals surface area contributed by atoms with Gasteiger partial charge in [0.05, 0.1) is 18.9 Å². The van der Waals surface area contributed by atoms with Crippen LogP contribution < -0.4 is 0 Å². The summed E-state index contributed by atoms with van der Waals surface area (Å²) < 4.78 is 5.40. The summed E-state index contributed by atoms with van der Waals surface area (Å²) in [6.07, 6.45) is 2.35. The second kappa shape index (κ2) is 7.77. The first-order chi connectivity index (χ1) is 11.5. The minimum Gasteiger partial charge on any atom is -0.379 e. The molecule has 1 aromatic heterocycles. The Morgan fingerprint density at radius 2 is 1.83 bits per heavy atom. The first-order valence-electron chi connectivity index (χ1n) is 8.88. The molecule has 24 heavy (non-hydrogen) atoms. The van der Waals surface area contributed by atoms with Gasteiger partial charge in [0.1, 0.15) is 5.01 Å². The zero-order valence-electron chi connectivity index (χ0n) is 15.0. The molecule has 4 heteroatoms. The maximum atomic E-state index is 5.40. The maximum absolute atomic E-state index is 5.40. The molecule has 3 nitrogen and oxygen atoms in total. The Labute approximate surface area is 149 Å². The van der Waals surface area contributed by atoms with Gasteiger partial charge in [-0.2, -0.15) is 0 Å². The molecule has 1 fully saturated rings. The summed E-state index contributed by atoms with van der Waals surface area (Å²) in [7, 11) is 0. The average Bonchev–Trinajstić information content (AvgIpc) is 3.07. The Kier molecular flexibility index (Phi) is 5.69. The largest absolute Gasteiger partial charge is 0.379 e. The lowest BCUT2D eigenvalue weighted by Gasteiger charge is -2.26. The molecular weight excluding hydrogens is 316 g/mol. The van der Waals surface area contributed by atoms with Gasteiger partial charge in [-0.25, -0.2) is 4.98 Å². The van der Waals surface area contributed by atoms with Crippen molar-refractivity contribution in [3.63, 3.8) is 0 Å². The second-order valence-electron chi connectivity index (χ2n) is 7.54. The lowest BCUT2D eigenvalue weighted by atomic mass is 9.93. The Bertz CT molecular complexity index is 636. The molecule has 2 aromatic rings. The van der Waals surface area contributed by atoms with Gasteiger partial charge in [-0.1, -0.05) is 45.0 Å². The van der Waals surface area contributed by atoms with Crippen molar-refractivity contribution < 1.29 is 4.74 Å². The molecule has 0 bridgehead atoms. The van der Waals surface area contributed by atoms with Crippen LogP contribution in [-0.4, -0.2) is 42.7 Å². The third kappa shape index (κ3) is 4.65. The van der Waals surface area contributed by atoms with Crippen molar-refractivity contribution in [2.45, 2.75) is 39.0 Å². The van der Waals surface area contributed by atoms with Crippen molar-refractivity contribution in [1.29, 1.82) is 0 Å². The number of benzene rings is 1. The summed E-state index contributed by atoms with van der Waals surface area (Å²) in [6, 6.07) is 8.95. The van der Waals surface area contributed by atoms with Gasteiger partial charge in [0.25, 0.3) is 0 Å². The molecule has 1 aliphatic heterocycles. The fourth-order valence-corrected chi connectivity index (χ4v) is 3.95. The van der Waals surface area contributed by atoms with Crippen LogP contribution in [0.1, 0.15) is 38.4 Å². The SMILES string of the molecule is CC(C)(C)c1csc(-c2ccc(CCCN3CCOCC3)cc2)n1. The number of aromatic nitrogens is 1. The highest BCUT2D eigenvalue weighted by molar-refractivity contribution is 7.13. The Hall–Kier alpha value is -1.23. The van der Waals surface area contributed by atoms with Crippen LogP contribution in [0.25, 0.3) is 10.6 Å². The fraction of sp³-hybridized carbons (Fsp3) is 0.550. The van der Waals surface area contributed by atoms with Crippen LogP contribution in [0.5, 0.6) is 0 Å². The van der Waals surface area contributed by atoms with Gasteiger partial charge >= 0.3 is 0 Å².